The van der Waals surface area contributed by atoms with Gasteiger partial charge in [0.25, 0.3) is 0 Å². The first kappa shape index (κ1) is 13.8. The molecule has 2 aromatic carbocycles. The average Bonchev–Trinajstić information content (AvgIpc) is 2.86. The Bertz CT molecular complexity index is 708. The fraction of sp³-hybridized carbons (Fsp3) is 0.278. The van der Waals surface area contributed by atoms with Crippen LogP contribution in [0.25, 0.3) is 11.1 Å². The van der Waals surface area contributed by atoms with Gasteiger partial charge in [0.1, 0.15) is 5.52 Å². The van der Waals surface area contributed by atoms with Crippen molar-refractivity contribution >= 4 is 11.1 Å². The molecule has 0 bridgehead atoms. The lowest BCUT2D eigenvalue weighted by atomic mass is 9.99. The topological polar surface area (TPSA) is 38.1 Å². The summed E-state index contributed by atoms with van der Waals surface area (Å²) in [5.74, 6) is 0.773. The minimum Gasteiger partial charge on any atom is -0.441 e. The average molecular weight is 280 g/mol. The number of fused-ring (bicyclic) bond motifs is 1. The Labute approximate surface area is 125 Å². The zero-order chi connectivity index (χ0) is 14.8. The first-order valence-electron chi connectivity index (χ1n) is 7.25. The summed E-state index contributed by atoms with van der Waals surface area (Å²) in [7, 11) is 1.98. The molecule has 108 valence electrons. The van der Waals surface area contributed by atoms with Crippen LogP contribution in [0.5, 0.6) is 0 Å². The van der Waals surface area contributed by atoms with Crippen molar-refractivity contribution < 1.29 is 4.42 Å². The Balaban J connectivity index is 1.89. The van der Waals surface area contributed by atoms with Crippen LogP contribution in [0.15, 0.2) is 46.9 Å². The van der Waals surface area contributed by atoms with Crippen LogP contribution in [0.2, 0.25) is 0 Å². The Morgan fingerprint density at radius 1 is 1.10 bits per heavy atom. The maximum Gasteiger partial charge on any atom is 0.197 e. The van der Waals surface area contributed by atoms with Crippen LogP contribution in [0.1, 0.15) is 28.6 Å². The fourth-order valence-electron chi connectivity index (χ4n) is 2.78. The Kier molecular flexibility index (Phi) is 3.76. The van der Waals surface area contributed by atoms with Crippen LogP contribution in [-0.2, 0) is 6.42 Å². The number of hydrogen-bond donors (Lipinski definition) is 1. The SMILES string of the molecule is CNC(Cc1nc2ccccc2o1)c1cc(C)cc(C)c1. The van der Waals surface area contributed by atoms with E-state index in [1.807, 2.05) is 31.3 Å². The molecular weight excluding hydrogens is 260 g/mol. The van der Waals surface area contributed by atoms with Gasteiger partial charge in [-0.25, -0.2) is 4.98 Å². The number of nitrogens with one attached hydrogen (secondary N) is 1. The maximum absolute atomic E-state index is 5.83. The van der Waals surface area contributed by atoms with Gasteiger partial charge < -0.3 is 9.73 Å². The molecule has 1 atom stereocenters. The van der Waals surface area contributed by atoms with E-state index in [0.29, 0.717) is 0 Å². The van der Waals surface area contributed by atoms with Gasteiger partial charge in [-0.1, -0.05) is 41.5 Å². The molecule has 3 nitrogen and oxygen atoms in total. The zero-order valence-corrected chi connectivity index (χ0v) is 12.7. The molecule has 0 aliphatic heterocycles. The van der Waals surface area contributed by atoms with Gasteiger partial charge in [-0.3, -0.25) is 0 Å². The van der Waals surface area contributed by atoms with Gasteiger partial charge in [-0.05, 0) is 38.6 Å². The minimum atomic E-state index is 0.205. The molecule has 1 aromatic heterocycles. The van der Waals surface area contributed by atoms with E-state index < -0.39 is 0 Å². The van der Waals surface area contributed by atoms with Crippen LogP contribution in [0, 0.1) is 13.8 Å². The smallest absolute Gasteiger partial charge is 0.197 e. The monoisotopic (exact) mass is 280 g/mol. The summed E-state index contributed by atoms with van der Waals surface area (Å²) in [6.07, 6.45) is 0.744. The lowest BCUT2D eigenvalue weighted by Crippen LogP contribution is -2.19. The molecule has 0 fully saturated rings. The van der Waals surface area contributed by atoms with E-state index in [1.54, 1.807) is 0 Å². The highest BCUT2D eigenvalue weighted by Gasteiger charge is 2.15. The van der Waals surface area contributed by atoms with E-state index in [9.17, 15) is 0 Å². The fourth-order valence-corrected chi connectivity index (χ4v) is 2.78. The van der Waals surface area contributed by atoms with Crippen molar-refractivity contribution in [3.8, 4) is 0 Å². The highest BCUT2D eigenvalue weighted by atomic mass is 16.3. The molecule has 3 aromatic rings. The van der Waals surface area contributed by atoms with Crippen molar-refractivity contribution in [2.75, 3.05) is 7.05 Å². The molecule has 21 heavy (non-hydrogen) atoms. The molecule has 0 spiro atoms. The van der Waals surface area contributed by atoms with E-state index in [-0.39, 0.29) is 6.04 Å². The van der Waals surface area contributed by atoms with Crippen LogP contribution in [0.3, 0.4) is 0 Å². The molecule has 1 heterocycles. The first-order valence-corrected chi connectivity index (χ1v) is 7.25. The van der Waals surface area contributed by atoms with Gasteiger partial charge in [0, 0.05) is 12.5 Å². The highest BCUT2D eigenvalue weighted by molar-refractivity contribution is 5.72. The minimum absolute atomic E-state index is 0.205. The van der Waals surface area contributed by atoms with Gasteiger partial charge >= 0.3 is 0 Å². The maximum atomic E-state index is 5.83. The zero-order valence-electron chi connectivity index (χ0n) is 12.7. The molecule has 3 rings (SSSR count). The second-order valence-electron chi connectivity index (χ2n) is 5.54. The molecule has 0 saturated carbocycles. The Morgan fingerprint density at radius 3 is 2.48 bits per heavy atom. The van der Waals surface area contributed by atoms with Gasteiger partial charge in [0.15, 0.2) is 11.5 Å². The van der Waals surface area contributed by atoms with Crippen LogP contribution in [0.4, 0.5) is 0 Å². The van der Waals surface area contributed by atoms with Crippen LogP contribution in [-0.4, -0.2) is 12.0 Å². The van der Waals surface area contributed by atoms with Crippen molar-refractivity contribution in [1.29, 1.82) is 0 Å². The van der Waals surface area contributed by atoms with Gasteiger partial charge in [-0.2, -0.15) is 0 Å². The molecule has 0 aliphatic carbocycles. The standard InChI is InChI=1S/C18H20N2O/c1-12-8-13(2)10-14(9-12)16(19-3)11-18-20-15-6-4-5-7-17(15)21-18/h4-10,16,19H,11H2,1-3H3. The summed E-state index contributed by atoms with van der Waals surface area (Å²) in [4.78, 5) is 4.56. The summed E-state index contributed by atoms with van der Waals surface area (Å²) < 4.78 is 5.83. The van der Waals surface area contributed by atoms with Crippen molar-refractivity contribution in [1.82, 2.24) is 10.3 Å². The number of hydrogen-bond acceptors (Lipinski definition) is 3. The molecule has 0 aliphatic rings. The molecule has 0 radical (unpaired) electrons. The summed E-state index contributed by atoms with van der Waals surface area (Å²) >= 11 is 0. The van der Waals surface area contributed by atoms with E-state index in [1.165, 1.54) is 16.7 Å². The lowest BCUT2D eigenvalue weighted by molar-refractivity contribution is 0.473. The number of nitrogens with zero attached hydrogens (tertiary/aromatic N) is 1. The summed E-state index contributed by atoms with van der Waals surface area (Å²) in [6, 6.07) is 14.7. The number of benzene rings is 2. The number of aromatic nitrogens is 1. The second kappa shape index (κ2) is 5.70. The number of para-hydroxylation sites is 2. The number of likely N-dealkylation sites (N-methyl/N-ethyl adjacent to an activating group) is 1. The third kappa shape index (κ3) is 2.98. The number of aryl methyl sites for hydroxylation is 2. The van der Waals surface area contributed by atoms with Crippen molar-refractivity contribution in [2.24, 2.45) is 0 Å². The van der Waals surface area contributed by atoms with E-state index in [4.69, 9.17) is 4.42 Å². The van der Waals surface area contributed by atoms with Crippen LogP contribution < -0.4 is 5.32 Å². The van der Waals surface area contributed by atoms with E-state index >= 15 is 0 Å². The van der Waals surface area contributed by atoms with E-state index in [2.05, 4.69) is 42.3 Å². The molecular formula is C18H20N2O. The van der Waals surface area contributed by atoms with Gasteiger partial charge in [-0.15, -0.1) is 0 Å². The molecule has 3 heteroatoms. The Morgan fingerprint density at radius 2 is 1.81 bits per heavy atom. The predicted octanol–water partition coefficient (Wildman–Crippen LogP) is 3.95. The first-order chi connectivity index (χ1) is 10.2. The molecule has 1 unspecified atom stereocenters. The summed E-state index contributed by atoms with van der Waals surface area (Å²) in [6.45, 7) is 4.26. The molecule has 0 amide bonds. The highest BCUT2D eigenvalue weighted by Crippen LogP contribution is 2.23. The largest absolute Gasteiger partial charge is 0.441 e. The summed E-state index contributed by atoms with van der Waals surface area (Å²) in [5.41, 5.74) is 5.61. The van der Waals surface area contributed by atoms with Crippen molar-refractivity contribution in [3.63, 3.8) is 0 Å². The Hall–Kier alpha value is -2.13. The lowest BCUT2D eigenvalue weighted by Gasteiger charge is -2.16. The third-order valence-corrected chi connectivity index (χ3v) is 3.71. The van der Waals surface area contributed by atoms with Gasteiger partial charge in [0.2, 0.25) is 0 Å². The van der Waals surface area contributed by atoms with Gasteiger partial charge in [0.05, 0.1) is 0 Å². The van der Waals surface area contributed by atoms with Crippen molar-refractivity contribution in [2.45, 2.75) is 26.3 Å². The second-order valence-corrected chi connectivity index (χ2v) is 5.54. The third-order valence-electron chi connectivity index (χ3n) is 3.71. The quantitative estimate of drug-likeness (QED) is 0.786. The normalized spacial score (nSPS) is 12.7. The van der Waals surface area contributed by atoms with E-state index in [0.717, 1.165) is 23.4 Å². The molecule has 1 N–H and O–H groups in total. The summed E-state index contributed by atoms with van der Waals surface area (Å²) in [5, 5.41) is 3.37. The van der Waals surface area contributed by atoms with Crippen molar-refractivity contribution in [3.05, 3.63) is 65.0 Å². The predicted molar refractivity (Wildman–Crippen MR) is 85.4 cm³/mol. The molecule has 0 saturated heterocycles. The van der Waals surface area contributed by atoms with Crippen LogP contribution >= 0.6 is 0 Å². The number of oxazole rings is 1. The number of rotatable bonds is 4.